The molecular formula is C15H23N3O4S. The van der Waals surface area contributed by atoms with Gasteiger partial charge < -0.3 is 15.8 Å². The maximum atomic E-state index is 12.2. The summed E-state index contributed by atoms with van der Waals surface area (Å²) in [6, 6.07) is 5.91. The Balaban J connectivity index is 1.93. The van der Waals surface area contributed by atoms with Gasteiger partial charge in [-0.1, -0.05) is 0 Å². The molecule has 0 saturated carbocycles. The molecule has 1 saturated heterocycles. The van der Waals surface area contributed by atoms with Crippen molar-refractivity contribution in [2.45, 2.75) is 25.8 Å². The number of hydrogen-bond donors (Lipinski definition) is 3. The fourth-order valence-electron chi connectivity index (χ4n) is 2.39. The van der Waals surface area contributed by atoms with Gasteiger partial charge in [0.2, 0.25) is 15.9 Å². The Morgan fingerprint density at radius 2 is 1.83 bits per heavy atom. The molecule has 4 N–H and O–H groups in total. The number of benzene rings is 1. The van der Waals surface area contributed by atoms with E-state index in [0.29, 0.717) is 24.6 Å². The molecule has 2 rings (SSSR count). The molecule has 8 heteroatoms. The zero-order valence-corrected chi connectivity index (χ0v) is 13.9. The Hall–Kier alpha value is -1.64. The van der Waals surface area contributed by atoms with Crippen LogP contribution in [0.4, 0.5) is 11.4 Å². The lowest BCUT2D eigenvalue weighted by Crippen LogP contribution is -2.43. The topological polar surface area (TPSA) is 111 Å². The van der Waals surface area contributed by atoms with E-state index in [-0.39, 0.29) is 17.6 Å². The van der Waals surface area contributed by atoms with Crippen LogP contribution < -0.4 is 15.8 Å². The molecule has 7 nitrogen and oxygen atoms in total. The Morgan fingerprint density at radius 1 is 1.26 bits per heavy atom. The predicted octanol–water partition coefficient (Wildman–Crippen LogP) is 1.14. The van der Waals surface area contributed by atoms with Crippen molar-refractivity contribution in [3.05, 3.63) is 24.3 Å². The normalized spacial score (nSPS) is 17.5. The Bertz CT molecular complexity index is 625. The molecule has 0 aliphatic carbocycles. The summed E-state index contributed by atoms with van der Waals surface area (Å²) in [4.78, 5) is 12.2. The number of amides is 1. The van der Waals surface area contributed by atoms with Crippen LogP contribution in [0.3, 0.4) is 0 Å². The van der Waals surface area contributed by atoms with Gasteiger partial charge in [0.15, 0.2) is 0 Å². The summed E-state index contributed by atoms with van der Waals surface area (Å²) in [5, 5.41) is 2.76. The first-order valence-electron chi connectivity index (χ1n) is 7.66. The minimum absolute atomic E-state index is 0.00540. The first-order valence-corrected chi connectivity index (χ1v) is 9.31. The van der Waals surface area contributed by atoms with E-state index in [2.05, 4.69) is 10.0 Å². The third kappa shape index (κ3) is 5.19. The lowest BCUT2D eigenvalue weighted by atomic mass is 9.92. The number of anilines is 2. The molecule has 0 aromatic heterocycles. The molecule has 0 radical (unpaired) electrons. The fourth-order valence-corrected chi connectivity index (χ4v) is 3.03. The van der Waals surface area contributed by atoms with E-state index in [1.165, 1.54) is 0 Å². The average Bonchev–Trinajstić information content (AvgIpc) is 2.56. The van der Waals surface area contributed by atoms with Gasteiger partial charge in [-0.25, -0.2) is 8.42 Å². The van der Waals surface area contributed by atoms with Gasteiger partial charge in [0, 0.05) is 24.6 Å². The van der Waals surface area contributed by atoms with Crippen molar-refractivity contribution in [3.63, 3.8) is 0 Å². The van der Waals surface area contributed by atoms with Crippen LogP contribution in [0.25, 0.3) is 0 Å². The van der Waals surface area contributed by atoms with Gasteiger partial charge in [-0.2, -0.15) is 0 Å². The number of nitrogens with two attached hydrogens (primary N) is 1. The van der Waals surface area contributed by atoms with E-state index in [1.807, 2.05) is 0 Å². The van der Waals surface area contributed by atoms with Crippen LogP contribution in [0.1, 0.15) is 19.8 Å². The number of sulfonamides is 1. The molecule has 1 aromatic carbocycles. The molecule has 0 spiro atoms. The lowest BCUT2D eigenvalue weighted by Gasteiger charge is -2.26. The molecule has 1 aliphatic heterocycles. The van der Waals surface area contributed by atoms with Crippen molar-refractivity contribution in [1.29, 1.82) is 0 Å². The summed E-state index contributed by atoms with van der Waals surface area (Å²) < 4.78 is 30.7. The third-order valence-electron chi connectivity index (χ3n) is 3.88. The highest BCUT2D eigenvalue weighted by molar-refractivity contribution is 7.92. The van der Waals surface area contributed by atoms with E-state index in [4.69, 9.17) is 10.5 Å². The van der Waals surface area contributed by atoms with Crippen LogP contribution in [0.2, 0.25) is 0 Å². The quantitative estimate of drug-likeness (QED) is 0.718. The second kappa shape index (κ2) is 7.76. The van der Waals surface area contributed by atoms with Crippen LogP contribution in [-0.4, -0.2) is 39.3 Å². The number of hydrogen-bond acceptors (Lipinski definition) is 5. The Labute approximate surface area is 136 Å². The van der Waals surface area contributed by atoms with Crippen LogP contribution in [0.5, 0.6) is 0 Å². The zero-order chi connectivity index (χ0) is 16.9. The third-order valence-corrected chi connectivity index (χ3v) is 5.19. The smallest absolute Gasteiger partial charge is 0.241 e. The van der Waals surface area contributed by atoms with Crippen molar-refractivity contribution < 1.29 is 17.9 Å². The highest BCUT2D eigenvalue weighted by atomic mass is 32.2. The van der Waals surface area contributed by atoms with Gasteiger partial charge in [-0.15, -0.1) is 0 Å². The molecule has 1 fully saturated rings. The van der Waals surface area contributed by atoms with Crippen LogP contribution in [-0.2, 0) is 19.6 Å². The molecule has 1 unspecified atom stereocenters. The van der Waals surface area contributed by atoms with Gasteiger partial charge in [0.25, 0.3) is 0 Å². The zero-order valence-electron chi connectivity index (χ0n) is 13.1. The summed E-state index contributed by atoms with van der Waals surface area (Å²) in [6.45, 7) is 2.84. The van der Waals surface area contributed by atoms with Crippen molar-refractivity contribution in [2.24, 2.45) is 11.7 Å². The molecule has 1 atom stereocenters. The number of ether oxygens (including phenoxy) is 1. The van der Waals surface area contributed by atoms with Crippen molar-refractivity contribution in [1.82, 2.24) is 0 Å². The monoisotopic (exact) mass is 341 g/mol. The molecular weight excluding hydrogens is 318 g/mol. The first kappa shape index (κ1) is 17.7. The van der Waals surface area contributed by atoms with Crippen LogP contribution in [0.15, 0.2) is 24.3 Å². The number of nitrogens with one attached hydrogen (secondary N) is 2. The maximum Gasteiger partial charge on any atom is 0.241 e. The van der Waals surface area contributed by atoms with E-state index < -0.39 is 16.1 Å². The second-order valence-corrected chi connectivity index (χ2v) is 7.56. The predicted molar refractivity (Wildman–Crippen MR) is 89.7 cm³/mol. The van der Waals surface area contributed by atoms with Gasteiger partial charge in [-0.05, 0) is 49.9 Å². The van der Waals surface area contributed by atoms with Crippen molar-refractivity contribution >= 4 is 27.3 Å². The fraction of sp³-hybridized carbons (Fsp3) is 0.533. The molecule has 1 aliphatic rings. The van der Waals surface area contributed by atoms with Crippen molar-refractivity contribution in [3.8, 4) is 0 Å². The van der Waals surface area contributed by atoms with E-state index in [1.54, 1.807) is 31.2 Å². The standard InChI is InChI=1S/C15H23N3O4S/c1-2-23(20,21)18-13-5-3-12(4-6-13)17-15(19)14(16)11-7-9-22-10-8-11/h3-6,11,14,18H,2,7-10,16H2,1H3,(H,17,19). The highest BCUT2D eigenvalue weighted by Crippen LogP contribution is 2.20. The molecule has 1 amide bonds. The molecule has 23 heavy (non-hydrogen) atoms. The van der Waals surface area contributed by atoms with Gasteiger partial charge >= 0.3 is 0 Å². The largest absolute Gasteiger partial charge is 0.381 e. The average molecular weight is 341 g/mol. The minimum atomic E-state index is -3.31. The summed E-state index contributed by atoms with van der Waals surface area (Å²) in [5.74, 6) is -0.107. The minimum Gasteiger partial charge on any atom is -0.381 e. The van der Waals surface area contributed by atoms with Crippen molar-refractivity contribution in [2.75, 3.05) is 29.0 Å². The van der Waals surface area contributed by atoms with Gasteiger partial charge in [0.05, 0.1) is 11.8 Å². The van der Waals surface area contributed by atoms with E-state index in [9.17, 15) is 13.2 Å². The van der Waals surface area contributed by atoms with Gasteiger partial charge in [0.1, 0.15) is 0 Å². The highest BCUT2D eigenvalue weighted by Gasteiger charge is 2.26. The van der Waals surface area contributed by atoms with E-state index in [0.717, 1.165) is 12.8 Å². The van der Waals surface area contributed by atoms with Gasteiger partial charge in [-0.3, -0.25) is 9.52 Å². The first-order chi connectivity index (χ1) is 10.9. The summed E-state index contributed by atoms with van der Waals surface area (Å²) in [7, 11) is -3.31. The number of carbonyl (C=O) groups is 1. The van der Waals surface area contributed by atoms with E-state index >= 15 is 0 Å². The number of rotatable bonds is 6. The Morgan fingerprint density at radius 3 is 2.39 bits per heavy atom. The SMILES string of the molecule is CCS(=O)(=O)Nc1ccc(NC(=O)C(N)C2CCOCC2)cc1. The summed E-state index contributed by atoms with van der Waals surface area (Å²) >= 11 is 0. The molecule has 1 heterocycles. The maximum absolute atomic E-state index is 12.2. The van der Waals surface area contributed by atoms with Crippen LogP contribution >= 0.6 is 0 Å². The summed E-state index contributed by atoms with van der Waals surface area (Å²) in [5.41, 5.74) is 7.05. The van der Waals surface area contributed by atoms with Crippen LogP contribution in [0, 0.1) is 5.92 Å². The molecule has 1 aromatic rings. The summed E-state index contributed by atoms with van der Waals surface area (Å²) in [6.07, 6.45) is 1.57. The number of carbonyl (C=O) groups excluding carboxylic acids is 1. The lowest BCUT2D eigenvalue weighted by molar-refractivity contribution is -0.119. The molecule has 0 bridgehead atoms. The Kier molecular flexibility index (Phi) is 5.97. The second-order valence-electron chi connectivity index (χ2n) is 5.55. The molecule has 128 valence electrons.